The van der Waals surface area contributed by atoms with Gasteiger partial charge in [-0.15, -0.1) is 0 Å². The van der Waals surface area contributed by atoms with Crippen molar-refractivity contribution in [3.05, 3.63) is 59.1 Å². The Morgan fingerprint density at radius 3 is 2.38 bits per heavy atom. The number of hydrogen-bond donors (Lipinski definition) is 1. The molecule has 1 saturated heterocycles. The summed E-state index contributed by atoms with van der Waals surface area (Å²) in [6, 6.07) is 12.7. The summed E-state index contributed by atoms with van der Waals surface area (Å²) in [5.41, 5.74) is 0.592. The van der Waals surface area contributed by atoms with Crippen molar-refractivity contribution in [2.45, 2.75) is 17.7 Å². The average molecular weight is 437 g/mol. The summed E-state index contributed by atoms with van der Waals surface area (Å²) in [7, 11) is -2.30. The fraction of sp³-hybridized carbons (Fsp3) is 0.300. The van der Waals surface area contributed by atoms with Gasteiger partial charge in [-0.3, -0.25) is 4.79 Å². The molecule has 0 bridgehead atoms. The summed E-state index contributed by atoms with van der Waals surface area (Å²) in [6.07, 6.45) is 0.790. The predicted octanol–water partition coefficient (Wildman–Crippen LogP) is 3.17. The molecule has 0 aliphatic carbocycles. The molecule has 154 valence electrons. The molecule has 1 aliphatic rings. The van der Waals surface area contributed by atoms with Crippen LogP contribution in [0.2, 0.25) is 5.02 Å². The van der Waals surface area contributed by atoms with Crippen molar-refractivity contribution in [3.63, 3.8) is 0 Å². The maximum atomic E-state index is 12.7. The van der Waals surface area contributed by atoms with Gasteiger partial charge in [0.1, 0.15) is 0 Å². The summed E-state index contributed by atoms with van der Waals surface area (Å²) in [4.78, 5) is 24.6. The summed E-state index contributed by atoms with van der Waals surface area (Å²) in [5.74, 6) is -1.14. The fourth-order valence-electron chi connectivity index (χ4n) is 3.20. The van der Waals surface area contributed by atoms with E-state index in [0.29, 0.717) is 23.6 Å². The molecule has 0 aromatic heterocycles. The van der Waals surface area contributed by atoms with Gasteiger partial charge in [0.25, 0.3) is 0 Å². The Labute approximate surface area is 174 Å². The summed E-state index contributed by atoms with van der Waals surface area (Å²) in [6.45, 7) is 0.510. The smallest absolute Gasteiger partial charge is 0.337 e. The number of sulfonamides is 1. The molecule has 1 heterocycles. The van der Waals surface area contributed by atoms with Crippen LogP contribution in [0.4, 0.5) is 5.69 Å². The predicted molar refractivity (Wildman–Crippen MR) is 109 cm³/mol. The quantitative estimate of drug-likeness (QED) is 0.726. The molecule has 1 fully saturated rings. The Morgan fingerprint density at radius 1 is 1.10 bits per heavy atom. The van der Waals surface area contributed by atoms with Crippen LogP contribution in [0.3, 0.4) is 0 Å². The van der Waals surface area contributed by atoms with Crippen molar-refractivity contribution < 1.29 is 22.7 Å². The van der Waals surface area contributed by atoms with Crippen molar-refractivity contribution in [2.75, 3.05) is 25.5 Å². The molecule has 0 atom stereocenters. The molecule has 29 heavy (non-hydrogen) atoms. The Bertz CT molecular complexity index is 1000. The lowest BCUT2D eigenvalue weighted by atomic mass is 9.97. The standard InChI is InChI=1S/C20H21ClN2O5S/c1-28-20(25)15-7-8-17(21)18(13-15)22-19(24)14-9-11-23(12-10-14)29(26,27)16-5-3-2-4-6-16/h2-8,13-14H,9-12H2,1H3,(H,22,24). The molecule has 1 aliphatic heterocycles. The molecule has 0 radical (unpaired) electrons. The molecule has 2 aromatic carbocycles. The SMILES string of the molecule is COC(=O)c1ccc(Cl)c(NC(=O)C2CCN(S(=O)(=O)c3ccccc3)CC2)c1. The number of anilines is 1. The largest absolute Gasteiger partial charge is 0.465 e. The second-order valence-electron chi connectivity index (χ2n) is 6.67. The first kappa shape index (κ1) is 21.3. The van der Waals surface area contributed by atoms with Gasteiger partial charge in [0, 0.05) is 19.0 Å². The lowest BCUT2D eigenvalue weighted by Gasteiger charge is -2.30. The maximum Gasteiger partial charge on any atom is 0.337 e. The lowest BCUT2D eigenvalue weighted by molar-refractivity contribution is -0.120. The topological polar surface area (TPSA) is 92.8 Å². The molecule has 0 spiro atoms. The van der Waals surface area contributed by atoms with Gasteiger partial charge >= 0.3 is 5.97 Å². The molecule has 2 aromatic rings. The number of halogens is 1. The van der Waals surface area contributed by atoms with Gasteiger partial charge in [0.2, 0.25) is 15.9 Å². The Kier molecular flexibility index (Phi) is 6.56. The number of amides is 1. The molecule has 0 saturated carbocycles. The first-order chi connectivity index (χ1) is 13.8. The van der Waals surface area contributed by atoms with Gasteiger partial charge in [0.05, 0.1) is 28.3 Å². The van der Waals surface area contributed by atoms with Crippen LogP contribution in [0.5, 0.6) is 0 Å². The van der Waals surface area contributed by atoms with Gasteiger partial charge in [-0.2, -0.15) is 4.31 Å². The minimum absolute atomic E-state index is 0.245. The number of carbonyl (C=O) groups excluding carboxylic acids is 2. The van der Waals surface area contributed by atoms with E-state index in [9.17, 15) is 18.0 Å². The molecule has 0 unspecified atom stereocenters. The van der Waals surface area contributed by atoms with E-state index >= 15 is 0 Å². The maximum absolute atomic E-state index is 12.7. The number of benzene rings is 2. The minimum atomic E-state index is -3.57. The van der Waals surface area contributed by atoms with E-state index in [0.717, 1.165) is 0 Å². The number of piperidine rings is 1. The summed E-state index contributed by atoms with van der Waals surface area (Å²) >= 11 is 6.12. The molecule has 3 rings (SSSR count). The van der Waals surface area contributed by atoms with Gasteiger partial charge in [-0.1, -0.05) is 29.8 Å². The highest BCUT2D eigenvalue weighted by atomic mass is 35.5. The third-order valence-electron chi connectivity index (χ3n) is 4.85. The molecule has 7 nitrogen and oxygen atoms in total. The van der Waals surface area contributed by atoms with Gasteiger partial charge in [-0.25, -0.2) is 13.2 Å². The monoisotopic (exact) mass is 436 g/mol. The van der Waals surface area contributed by atoms with Crippen LogP contribution >= 0.6 is 11.6 Å². The summed E-state index contributed by atoms with van der Waals surface area (Å²) < 4.78 is 31.5. The third kappa shape index (κ3) is 4.77. The number of nitrogens with zero attached hydrogens (tertiary/aromatic N) is 1. The van der Waals surface area contributed by atoms with E-state index in [1.807, 2.05) is 0 Å². The number of rotatable bonds is 5. The number of methoxy groups -OCH3 is 1. The number of esters is 1. The van der Waals surface area contributed by atoms with Crippen molar-refractivity contribution in [3.8, 4) is 0 Å². The van der Waals surface area contributed by atoms with Crippen LogP contribution < -0.4 is 5.32 Å². The van der Waals surface area contributed by atoms with E-state index in [2.05, 4.69) is 10.1 Å². The van der Waals surface area contributed by atoms with Crippen LogP contribution in [-0.4, -0.2) is 44.8 Å². The van der Waals surface area contributed by atoms with Crippen LogP contribution in [0.25, 0.3) is 0 Å². The zero-order valence-corrected chi connectivity index (χ0v) is 17.4. The highest BCUT2D eigenvalue weighted by Crippen LogP contribution is 2.27. The number of carbonyl (C=O) groups is 2. The molecule has 1 amide bonds. The van der Waals surface area contributed by atoms with Crippen LogP contribution in [0.15, 0.2) is 53.4 Å². The molecular weight excluding hydrogens is 416 g/mol. The van der Waals surface area contributed by atoms with Gasteiger partial charge in [-0.05, 0) is 43.2 Å². The highest BCUT2D eigenvalue weighted by molar-refractivity contribution is 7.89. The Hall–Kier alpha value is -2.42. The first-order valence-corrected chi connectivity index (χ1v) is 10.9. The van der Waals surface area contributed by atoms with Crippen LogP contribution in [-0.2, 0) is 19.6 Å². The van der Waals surface area contributed by atoms with E-state index < -0.39 is 16.0 Å². The van der Waals surface area contributed by atoms with Gasteiger partial charge < -0.3 is 10.1 Å². The van der Waals surface area contributed by atoms with Crippen molar-refractivity contribution in [1.82, 2.24) is 4.31 Å². The molecule has 9 heteroatoms. The number of nitrogens with one attached hydrogen (secondary N) is 1. The normalized spacial score (nSPS) is 15.7. The number of hydrogen-bond acceptors (Lipinski definition) is 5. The molecule has 1 N–H and O–H groups in total. The minimum Gasteiger partial charge on any atom is -0.465 e. The van der Waals surface area contributed by atoms with Gasteiger partial charge in [0.15, 0.2) is 0 Å². The first-order valence-electron chi connectivity index (χ1n) is 9.07. The Morgan fingerprint density at radius 2 is 1.76 bits per heavy atom. The van der Waals surface area contributed by atoms with Crippen molar-refractivity contribution >= 4 is 39.2 Å². The summed E-state index contributed by atoms with van der Waals surface area (Å²) in [5, 5.41) is 3.04. The fourth-order valence-corrected chi connectivity index (χ4v) is 4.86. The second kappa shape index (κ2) is 8.94. The van der Waals surface area contributed by atoms with Crippen molar-refractivity contribution in [1.29, 1.82) is 0 Å². The van der Waals surface area contributed by atoms with Crippen LogP contribution in [0, 0.1) is 5.92 Å². The van der Waals surface area contributed by atoms with E-state index in [1.165, 1.54) is 29.6 Å². The zero-order chi connectivity index (χ0) is 21.0. The Balaban J connectivity index is 1.64. The van der Waals surface area contributed by atoms with Crippen LogP contribution in [0.1, 0.15) is 23.2 Å². The third-order valence-corrected chi connectivity index (χ3v) is 7.09. The molecular formula is C20H21ClN2O5S. The second-order valence-corrected chi connectivity index (χ2v) is 9.01. The number of ether oxygens (including phenoxy) is 1. The van der Waals surface area contributed by atoms with E-state index in [-0.39, 0.29) is 35.4 Å². The van der Waals surface area contributed by atoms with Crippen molar-refractivity contribution in [2.24, 2.45) is 5.92 Å². The lowest BCUT2D eigenvalue weighted by Crippen LogP contribution is -2.41. The average Bonchev–Trinajstić information content (AvgIpc) is 2.75. The highest BCUT2D eigenvalue weighted by Gasteiger charge is 2.32. The zero-order valence-electron chi connectivity index (χ0n) is 15.8. The van der Waals surface area contributed by atoms with E-state index in [1.54, 1.807) is 30.3 Å². The van der Waals surface area contributed by atoms with E-state index in [4.69, 9.17) is 11.6 Å².